The molecule has 0 radical (unpaired) electrons. The average molecular weight is 779 g/mol. The van der Waals surface area contributed by atoms with E-state index in [1.54, 1.807) is 6.07 Å². The molecule has 2 heterocycles. The maximum atomic E-state index is 13.0. The summed E-state index contributed by atoms with van der Waals surface area (Å²) in [5, 5.41) is 2.13. The lowest BCUT2D eigenvalue weighted by Gasteiger charge is -2.43. The van der Waals surface area contributed by atoms with E-state index in [2.05, 4.69) is 6.58 Å². The Balaban J connectivity index is 0.000000201. The third-order valence-electron chi connectivity index (χ3n) is 10.4. The van der Waals surface area contributed by atoms with Gasteiger partial charge in [0.1, 0.15) is 6.29 Å². The van der Waals surface area contributed by atoms with E-state index < -0.39 is 0 Å². The molecule has 0 bridgehead atoms. The molecule has 2 aliphatic rings. The highest BCUT2D eigenvalue weighted by Gasteiger charge is 2.40. The topological polar surface area (TPSA) is 57.7 Å². The fourth-order valence-electron chi connectivity index (χ4n) is 7.67. The molecule has 2 fully saturated rings. The zero-order chi connectivity index (χ0) is 37.1. The van der Waals surface area contributed by atoms with Crippen LogP contribution in [0.25, 0.3) is 0 Å². The van der Waals surface area contributed by atoms with Gasteiger partial charge >= 0.3 is 0 Å². The van der Waals surface area contributed by atoms with E-state index in [4.69, 9.17) is 46.4 Å². The second-order valence-corrected chi connectivity index (χ2v) is 15.4. The van der Waals surface area contributed by atoms with Gasteiger partial charge in [-0.1, -0.05) is 101 Å². The van der Waals surface area contributed by atoms with Gasteiger partial charge in [0.25, 0.3) is 11.8 Å². The third-order valence-corrected chi connectivity index (χ3v) is 11.9. The molecule has 9 heteroatoms. The Kier molecular flexibility index (Phi) is 14.0. The number of rotatable bonds is 10. The van der Waals surface area contributed by atoms with Crippen molar-refractivity contribution in [3.05, 3.63) is 152 Å². The smallest absolute Gasteiger partial charge is 0.253 e. The molecule has 0 aromatic heterocycles. The van der Waals surface area contributed by atoms with E-state index in [1.165, 1.54) is 0 Å². The number of halogens is 4. The van der Waals surface area contributed by atoms with E-state index in [9.17, 15) is 14.4 Å². The number of carbonyl (C=O) groups excluding carboxylic acids is 3. The minimum Gasteiger partial charge on any atom is -0.338 e. The SMILES string of the molecule is C=CCCC1(c2ccc(Cl)c(Cl)c2)CCCN(C(=O)c2ccccc2)C1.O=CCCC1(c2ccc(Cl)c(Cl)c2)CCCN(C(=O)c2ccccc2)C1. The van der Waals surface area contributed by atoms with Crippen LogP contribution in [0.5, 0.6) is 0 Å². The molecule has 6 rings (SSSR count). The van der Waals surface area contributed by atoms with Crippen LogP contribution in [0, 0.1) is 0 Å². The Bertz CT molecular complexity index is 1720. The van der Waals surface area contributed by atoms with E-state index >= 15 is 0 Å². The molecule has 2 unspecified atom stereocenters. The Morgan fingerprint density at radius 2 is 1.04 bits per heavy atom. The Labute approximate surface area is 327 Å². The van der Waals surface area contributed by atoms with Crippen molar-refractivity contribution in [3.8, 4) is 0 Å². The van der Waals surface area contributed by atoms with Gasteiger partial charge in [0.05, 0.1) is 20.1 Å². The van der Waals surface area contributed by atoms with Crippen molar-refractivity contribution in [2.45, 2.75) is 62.2 Å². The van der Waals surface area contributed by atoms with Crippen LogP contribution in [0.15, 0.2) is 110 Å². The van der Waals surface area contributed by atoms with E-state index in [0.717, 1.165) is 74.6 Å². The fraction of sp³-hybridized carbons (Fsp3) is 0.326. The first-order chi connectivity index (χ1) is 25.1. The van der Waals surface area contributed by atoms with Gasteiger partial charge in [0.15, 0.2) is 0 Å². The number of amides is 2. The standard InChI is InChI=1S/C22H23Cl2NO.C21H21Cl2NO2/c1-2-3-12-22(18-10-11-19(23)20(24)15-18)13-7-14-25(16-22)21(26)17-8-5-4-6-9-17;22-18-9-8-17(14-19(18)23)21(11-5-13-25)10-4-12-24(15-21)20(26)16-6-2-1-3-7-16/h2,4-6,8-11,15H,1,3,7,12-14,16H2;1-3,6-9,13-14H,4-5,10-12,15H2. The number of hydrogen-bond donors (Lipinski definition) is 0. The van der Waals surface area contributed by atoms with E-state index in [0.29, 0.717) is 51.6 Å². The van der Waals surface area contributed by atoms with Gasteiger partial charge in [0, 0.05) is 54.6 Å². The highest BCUT2D eigenvalue weighted by Crippen LogP contribution is 2.42. The predicted molar refractivity (Wildman–Crippen MR) is 214 cm³/mol. The molecule has 2 amide bonds. The van der Waals surface area contributed by atoms with Crippen molar-refractivity contribution in [1.29, 1.82) is 0 Å². The number of nitrogens with zero attached hydrogens (tertiary/aromatic N) is 2. The molecule has 4 aromatic carbocycles. The van der Waals surface area contributed by atoms with Crippen LogP contribution in [0.1, 0.15) is 83.2 Å². The lowest BCUT2D eigenvalue weighted by Crippen LogP contribution is -2.48. The maximum absolute atomic E-state index is 13.0. The Morgan fingerprint density at radius 3 is 1.42 bits per heavy atom. The van der Waals surface area contributed by atoms with E-state index in [-0.39, 0.29) is 22.6 Å². The summed E-state index contributed by atoms with van der Waals surface area (Å²) < 4.78 is 0. The fourth-order valence-corrected chi connectivity index (χ4v) is 8.27. The number of piperidine rings is 2. The minimum atomic E-state index is -0.280. The predicted octanol–water partition coefficient (Wildman–Crippen LogP) is 11.3. The number of allylic oxidation sites excluding steroid dienone is 1. The summed E-state index contributed by atoms with van der Waals surface area (Å²) in [6.07, 6.45) is 9.65. The first-order valence-corrected chi connectivity index (χ1v) is 19.3. The summed E-state index contributed by atoms with van der Waals surface area (Å²) >= 11 is 24.7. The lowest BCUT2D eigenvalue weighted by atomic mass is 9.71. The molecule has 4 aromatic rings. The lowest BCUT2D eigenvalue weighted by molar-refractivity contribution is -0.108. The molecule has 0 N–H and O–H groups in total. The molecule has 0 spiro atoms. The quantitative estimate of drug-likeness (QED) is 0.119. The van der Waals surface area contributed by atoms with Crippen molar-refractivity contribution in [3.63, 3.8) is 0 Å². The number of hydrogen-bond acceptors (Lipinski definition) is 3. The zero-order valence-corrected chi connectivity index (χ0v) is 32.2. The number of benzene rings is 4. The second-order valence-electron chi connectivity index (χ2n) is 13.7. The van der Waals surface area contributed by atoms with Crippen LogP contribution in [0.2, 0.25) is 20.1 Å². The van der Waals surface area contributed by atoms with Crippen LogP contribution in [0.4, 0.5) is 0 Å². The first-order valence-electron chi connectivity index (χ1n) is 17.8. The third kappa shape index (κ3) is 9.48. The second kappa shape index (κ2) is 18.4. The summed E-state index contributed by atoms with van der Waals surface area (Å²) in [7, 11) is 0. The van der Waals surface area contributed by atoms with Crippen molar-refractivity contribution in [2.24, 2.45) is 0 Å². The summed E-state index contributed by atoms with van der Waals surface area (Å²) in [5.41, 5.74) is 3.22. The number of likely N-dealkylation sites (tertiary alicyclic amines) is 2. The molecule has 2 saturated heterocycles. The van der Waals surface area contributed by atoms with Gasteiger partial charge in [-0.05, 0) is 105 Å². The van der Waals surface area contributed by atoms with Crippen LogP contribution in [-0.4, -0.2) is 54.1 Å². The van der Waals surface area contributed by atoms with Gasteiger partial charge in [-0.3, -0.25) is 9.59 Å². The summed E-state index contributed by atoms with van der Waals surface area (Å²) in [6, 6.07) is 30.3. The van der Waals surface area contributed by atoms with Crippen molar-refractivity contribution in [1.82, 2.24) is 9.80 Å². The molecule has 0 saturated carbocycles. The number of carbonyl (C=O) groups is 3. The van der Waals surface area contributed by atoms with Crippen molar-refractivity contribution >= 4 is 64.5 Å². The Hall–Kier alpha value is -3.61. The summed E-state index contributed by atoms with van der Waals surface area (Å²) in [4.78, 5) is 40.8. The van der Waals surface area contributed by atoms with Crippen LogP contribution in [0.3, 0.4) is 0 Å². The van der Waals surface area contributed by atoms with Gasteiger partial charge in [-0.25, -0.2) is 0 Å². The summed E-state index contributed by atoms with van der Waals surface area (Å²) in [6.45, 7) is 6.64. The molecule has 52 heavy (non-hydrogen) atoms. The highest BCUT2D eigenvalue weighted by molar-refractivity contribution is 6.42. The molecule has 272 valence electrons. The molecule has 2 atom stereocenters. The monoisotopic (exact) mass is 776 g/mol. The van der Waals surface area contributed by atoms with Crippen molar-refractivity contribution in [2.75, 3.05) is 26.2 Å². The Morgan fingerprint density at radius 1 is 0.615 bits per heavy atom. The van der Waals surface area contributed by atoms with Crippen LogP contribution >= 0.6 is 46.4 Å². The van der Waals surface area contributed by atoms with Crippen LogP contribution in [-0.2, 0) is 15.6 Å². The van der Waals surface area contributed by atoms with Gasteiger partial charge in [-0.2, -0.15) is 0 Å². The van der Waals surface area contributed by atoms with Gasteiger partial charge in [0.2, 0.25) is 0 Å². The van der Waals surface area contributed by atoms with Gasteiger partial charge in [-0.15, -0.1) is 6.58 Å². The van der Waals surface area contributed by atoms with Gasteiger partial charge < -0.3 is 14.6 Å². The molecular formula is C43H44Cl4N2O3. The first kappa shape index (κ1) is 39.6. The normalized spacial score (nSPS) is 20.0. The van der Waals surface area contributed by atoms with Crippen molar-refractivity contribution < 1.29 is 14.4 Å². The molecule has 5 nitrogen and oxygen atoms in total. The number of aldehydes is 1. The molecule has 2 aliphatic heterocycles. The molecular weight excluding hydrogens is 734 g/mol. The minimum absolute atomic E-state index is 0.0286. The van der Waals surface area contributed by atoms with E-state index in [1.807, 2.05) is 107 Å². The van der Waals surface area contributed by atoms with Crippen LogP contribution < -0.4 is 0 Å². The maximum Gasteiger partial charge on any atom is 0.253 e. The molecule has 0 aliphatic carbocycles. The average Bonchev–Trinajstić information content (AvgIpc) is 3.19. The summed E-state index contributed by atoms with van der Waals surface area (Å²) in [5.74, 6) is 0.120. The zero-order valence-electron chi connectivity index (χ0n) is 29.2. The highest BCUT2D eigenvalue weighted by atomic mass is 35.5. The largest absolute Gasteiger partial charge is 0.338 e.